The number of ether oxygens (including phenoxy) is 2. The van der Waals surface area contributed by atoms with Crippen molar-refractivity contribution in [1.29, 1.82) is 0 Å². The summed E-state index contributed by atoms with van der Waals surface area (Å²) in [7, 11) is 0. The van der Waals surface area contributed by atoms with Gasteiger partial charge in [-0.2, -0.15) is 0 Å². The normalized spacial score (nSPS) is 11.0. The van der Waals surface area contributed by atoms with Gasteiger partial charge in [0, 0.05) is 16.7 Å². The lowest BCUT2D eigenvalue weighted by Gasteiger charge is -2.04. The molecule has 0 aliphatic carbocycles. The summed E-state index contributed by atoms with van der Waals surface area (Å²) in [6.07, 6.45) is 0. The smallest absolute Gasteiger partial charge is 0.374 e. The van der Waals surface area contributed by atoms with Crippen molar-refractivity contribution >= 4 is 40.3 Å². The Kier molecular flexibility index (Phi) is 6.25. The Morgan fingerprint density at radius 2 is 1.90 bits per heavy atom. The topological polar surface area (TPSA) is 87.6 Å². The van der Waals surface area contributed by atoms with Crippen LogP contribution in [0.4, 0.5) is 0 Å². The van der Waals surface area contributed by atoms with Gasteiger partial charge >= 0.3 is 5.97 Å². The summed E-state index contributed by atoms with van der Waals surface area (Å²) in [5.41, 5.74) is 1.34. The molecular formula is C21H17ClN2O5S. The number of thioether (sulfide) groups is 1. The third kappa shape index (κ3) is 4.44. The molecule has 9 heteroatoms. The first-order chi connectivity index (χ1) is 14.7. The van der Waals surface area contributed by atoms with E-state index in [1.165, 1.54) is 11.8 Å². The summed E-state index contributed by atoms with van der Waals surface area (Å²) in [5, 5.41) is 9.72. The van der Waals surface area contributed by atoms with Crippen molar-refractivity contribution < 1.29 is 23.1 Å². The highest BCUT2D eigenvalue weighted by atomic mass is 35.5. The van der Waals surface area contributed by atoms with E-state index in [-0.39, 0.29) is 19.0 Å². The first-order valence-corrected chi connectivity index (χ1v) is 10.5. The molecule has 0 radical (unpaired) electrons. The largest absolute Gasteiger partial charge is 0.482 e. The van der Waals surface area contributed by atoms with Gasteiger partial charge in [-0.3, -0.25) is 0 Å². The fraction of sp³-hybridized carbons (Fsp3) is 0.190. The van der Waals surface area contributed by atoms with Crippen molar-refractivity contribution in [2.75, 3.05) is 6.61 Å². The molecule has 0 unspecified atom stereocenters. The average Bonchev–Trinajstić information content (AvgIpc) is 3.36. The number of hydrogen-bond donors (Lipinski definition) is 0. The Hall–Kier alpha value is -2.97. The highest BCUT2D eigenvalue weighted by molar-refractivity contribution is 7.98. The van der Waals surface area contributed by atoms with E-state index < -0.39 is 5.97 Å². The molecule has 0 atom stereocenters. The third-order valence-corrected chi connectivity index (χ3v) is 5.29. The Bertz CT molecular complexity index is 1170. The molecule has 4 rings (SSSR count). The molecule has 0 aliphatic rings. The second kappa shape index (κ2) is 9.23. The molecule has 0 N–H and O–H groups in total. The van der Waals surface area contributed by atoms with E-state index in [1.807, 2.05) is 36.4 Å². The summed E-state index contributed by atoms with van der Waals surface area (Å²) in [6.45, 7) is 2.11. The van der Waals surface area contributed by atoms with Crippen molar-refractivity contribution in [2.24, 2.45) is 0 Å². The molecule has 0 amide bonds. The summed E-state index contributed by atoms with van der Waals surface area (Å²) >= 11 is 7.37. The van der Waals surface area contributed by atoms with Gasteiger partial charge in [-0.15, -0.1) is 10.2 Å². The van der Waals surface area contributed by atoms with Crippen LogP contribution >= 0.6 is 23.4 Å². The zero-order valence-corrected chi connectivity index (χ0v) is 17.5. The van der Waals surface area contributed by atoms with Crippen LogP contribution in [-0.2, 0) is 17.1 Å². The number of aromatic nitrogens is 2. The number of fused-ring (bicyclic) bond motifs is 1. The predicted molar refractivity (Wildman–Crippen MR) is 112 cm³/mol. The zero-order valence-electron chi connectivity index (χ0n) is 16.0. The van der Waals surface area contributed by atoms with Crippen LogP contribution in [0.1, 0.15) is 28.9 Å². The predicted octanol–water partition coefficient (Wildman–Crippen LogP) is 5.52. The van der Waals surface area contributed by atoms with Crippen LogP contribution in [0, 0.1) is 0 Å². The van der Waals surface area contributed by atoms with E-state index in [9.17, 15) is 4.79 Å². The Labute approximate surface area is 181 Å². The number of benzene rings is 2. The van der Waals surface area contributed by atoms with Gasteiger partial charge in [-0.05, 0) is 25.1 Å². The molecule has 0 spiro atoms. The molecule has 2 aromatic carbocycles. The second-order valence-corrected chi connectivity index (χ2v) is 7.43. The Morgan fingerprint density at radius 1 is 1.10 bits per heavy atom. The van der Waals surface area contributed by atoms with Crippen LogP contribution in [0.15, 0.2) is 62.6 Å². The average molecular weight is 445 g/mol. The first kappa shape index (κ1) is 20.3. The number of furan rings is 1. The van der Waals surface area contributed by atoms with Crippen molar-refractivity contribution in [2.45, 2.75) is 24.5 Å². The van der Waals surface area contributed by atoms with Gasteiger partial charge in [0.25, 0.3) is 11.1 Å². The molecule has 0 fully saturated rings. The highest BCUT2D eigenvalue weighted by Gasteiger charge is 2.22. The Morgan fingerprint density at radius 3 is 2.73 bits per heavy atom. The second-order valence-electron chi connectivity index (χ2n) is 6.10. The van der Waals surface area contributed by atoms with E-state index in [0.29, 0.717) is 33.2 Å². The van der Waals surface area contributed by atoms with Crippen LogP contribution in [0.3, 0.4) is 0 Å². The van der Waals surface area contributed by atoms with E-state index in [4.69, 9.17) is 29.9 Å². The standard InChI is InChI=1S/C21H17ClN2O5S/c1-2-26-20(25)19-14(13-7-3-5-9-16(13)28-19)12-30-21-24-23-18(29-21)11-27-17-10-6-4-8-15(17)22/h3-10H,2,11-12H2,1H3. The summed E-state index contributed by atoms with van der Waals surface area (Å²) in [4.78, 5) is 12.3. The highest BCUT2D eigenvalue weighted by Crippen LogP contribution is 2.32. The van der Waals surface area contributed by atoms with Gasteiger partial charge in [-0.25, -0.2) is 4.79 Å². The molecule has 7 nitrogen and oxygen atoms in total. The van der Waals surface area contributed by atoms with E-state index >= 15 is 0 Å². The number of carbonyl (C=O) groups is 1. The van der Waals surface area contributed by atoms with Gasteiger partial charge < -0.3 is 18.3 Å². The van der Waals surface area contributed by atoms with E-state index in [0.717, 1.165) is 10.9 Å². The van der Waals surface area contributed by atoms with Crippen LogP contribution in [-0.4, -0.2) is 22.8 Å². The fourth-order valence-corrected chi connectivity index (χ4v) is 3.79. The lowest BCUT2D eigenvalue weighted by molar-refractivity contribution is 0.0491. The molecule has 0 saturated carbocycles. The van der Waals surface area contributed by atoms with Gasteiger partial charge in [0.05, 0.1) is 11.6 Å². The molecule has 0 aliphatic heterocycles. The van der Waals surface area contributed by atoms with Crippen LogP contribution in [0.2, 0.25) is 5.02 Å². The van der Waals surface area contributed by atoms with Gasteiger partial charge in [-0.1, -0.05) is 53.7 Å². The van der Waals surface area contributed by atoms with Crippen molar-refractivity contribution in [3.63, 3.8) is 0 Å². The molecule has 154 valence electrons. The molecule has 4 aromatic rings. The van der Waals surface area contributed by atoms with Crippen LogP contribution in [0.5, 0.6) is 5.75 Å². The molecule has 2 aromatic heterocycles. The zero-order chi connectivity index (χ0) is 20.9. The summed E-state index contributed by atoms with van der Waals surface area (Å²) < 4.78 is 22.1. The molecule has 0 saturated heterocycles. The van der Waals surface area contributed by atoms with Gasteiger partial charge in [0.2, 0.25) is 5.76 Å². The third-order valence-electron chi connectivity index (χ3n) is 4.14. The summed E-state index contributed by atoms with van der Waals surface area (Å²) in [6, 6.07) is 14.6. The maximum Gasteiger partial charge on any atom is 0.374 e. The minimum Gasteiger partial charge on any atom is -0.482 e. The number of rotatable bonds is 8. The minimum absolute atomic E-state index is 0.0972. The monoisotopic (exact) mass is 444 g/mol. The van der Waals surface area contributed by atoms with Crippen molar-refractivity contribution in [3.8, 4) is 5.75 Å². The van der Waals surface area contributed by atoms with Gasteiger partial charge in [0.15, 0.2) is 6.61 Å². The first-order valence-electron chi connectivity index (χ1n) is 9.15. The van der Waals surface area contributed by atoms with Crippen LogP contribution in [0.25, 0.3) is 11.0 Å². The van der Waals surface area contributed by atoms with Gasteiger partial charge in [0.1, 0.15) is 11.3 Å². The lowest BCUT2D eigenvalue weighted by Crippen LogP contribution is -2.05. The van der Waals surface area contributed by atoms with Crippen LogP contribution < -0.4 is 4.74 Å². The molecular weight excluding hydrogens is 428 g/mol. The van der Waals surface area contributed by atoms with E-state index in [2.05, 4.69) is 10.2 Å². The SMILES string of the molecule is CCOC(=O)c1oc2ccccc2c1CSc1nnc(COc2ccccc2Cl)o1. The number of carbonyl (C=O) groups excluding carboxylic acids is 1. The maximum atomic E-state index is 12.3. The van der Waals surface area contributed by atoms with E-state index in [1.54, 1.807) is 19.1 Å². The van der Waals surface area contributed by atoms with Crippen molar-refractivity contribution in [1.82, 2.24) is 10.2 Å². The minimum atomic E-state index is -0.497. The lowest BCUT2D eigenvalue weighted by atomic mass is 10.1. The fourth-order valence-electron chi connectivity index (χ4n) is 2.79. The molecule has 0 bridgehead atoms. The number of para-hydroxylation sites is 2. The molecule has 2 heterocycles. The molecule has 30 heavy (non-hydrogen) atoms. The number of halogens is 1. The Balaban J connectivity index is 1.46. The maximum absolute atomic E-state index is 12.3. The number of nitrogens with zero attached hydrogens (tertiary/aromatic N) is 2. The summed E-state index contributed by atoms with van der Waals surface area (Å²) in [5.74, 6) is 0.949. The quantitative estimate of drug-likeness (QED) is 0.259. The number of hydrogen-bond acceptors (Lipinski definition) is 8. The van der Waals surface area contributed by atoms with Crippen molar-refractivity contribution in [3.05, 3.63) is 70.8 Å². The number of esters is 1.